The highest BCUT2D eigenvalue weighted by atomic mass is 19.1. The average Bonchev–Trinajstić information content (AvgIpc) is 3.03. The van der Waals surface area contributed by atoms with E-state index in [0.717, 1.165) is 23.3 Å². The van der Waals surface area contributed by atoms with E-state index in [-0.39, 0.29) is 5.82 Å². The van der Waals surface area contributed by atoms with Crippen LogP contribution in [0.1, 0.15) is 18.6 Å². The van der Waals surface area contributed by atoms with E-state index in [0.29, 0.717) is 11.7 Å². The number of hydrogen-bond donors (Lipinski definition) is 1. The van der Waals surface area contributed by atoms with Gasteiger partial charge in [-0.1, -0.05) is 17.3 Å². The third-order valence-electron chi connectivity index (χ3n) is 3.07. The molecule has 0 atom stereocenters. The van der Waals surface area contributed by atoms with E-state index >= 15 is 0 Å². The normalized spacial score (nSPS) is 15.1. The summed E-state index contributed by atoms with van der Waals surface area (Å²) in [6, 6.07) is 6.35. The van der Waals surface area contributed by atoms with Crippen molar-refractivity contribution >= 4 is 5.82 Å². The van der Waals surface area contributed by atoms with Gasteiger partial charge in [0, 0.05) is 6.42 Å². The first-order valence-corrected chi connectivity index (χ1v) is 5.74. The highest BCUT2D eigenvalue weighted by Gasteiger charge is 2.26. The number of benzene rings is 1. The summed E-state index contributed by atoms with van der Waals surface area (Å²) < 4.78 is 18.4. The predicted octanol–water partition coefficient (Wildman–Crippen LogP) is 3.02. The fourth-order valence-corrected chi connectivity index (χ4v) is 2.01. The van der Waals surface area contributed by atoms with Crippen LogP contribution in [0.4, 0.5) is 10.2 Å². The minimum absolute atomic E-state index is 0.277. The van der Waals surface area contributed by atoms with E-state index < -0.39 is 0 Å². The maximum absolute atomic E-state index is 13.2. The molecule has 0 saturated heterocycles. The fraction of sp³-hybridized carbons (Fsp3) is 0.308. The minimum Gasteiger partial charge on any atom is -0.380 e. The van der Waals surface area contributed by atoms with Gasteiger partial charge in [0.25, 0.3) is 0 Å². The summed E-state index contributed by atoms with van der Waals surface area (Å²) >= 11 is 0. The van der Waals surface area contributed by atoms with Crippen LogP contribution in [0.5, 0.6) is 0 Å². The summed E-state index contributed by atoms with van der Waals surface area (Å²) in [6.45, 7) is 0. The molecule has 0 aliphatic heterocycles. The molecule has 1 fully saturated rings. The molecule has 0 amide bonds. The second-order valence-electron chi connectivity index (χ2n) is 4.52. The van der Waals surface area contributed by atoms with Crippen molar-refractivity contribution in [1.29, 1.82) is 0 Å². The van der Waals surface area contributed by atoms with Crippen molar-refractivity contribution in [2.45, 2.75) is 19.3 Å². The first-order valence-electron chi connectivity index (χ1n) is 5.74. The van der Waals surface area contributed by atoms with Crippen LogP contribution < -0.4 is 5.73 Å². The first kappa shape index (κ1) is 10.3. The van der Waals surface area contributed by atoms with Crippen LogP contribution in [0.3, 0.4) is 0 Å². The Morgan fingerprint density at radius 3 is 2.94 bits per heavy atom. The molecule has 17 heavy (non-hydrogen) atoms. The number of nitrogens with two attached hydrogens (primary N) is 1. The van der Waals surface area contributed by atoms with Crippen LogP contribution in [-0.2, 0) is 6.42 Å². The molecule has 1 saturated carbocycles. The van der Waals surface area contributed by atoms with Gasteiger partial charge >= 0.3 is 0 Å². The summed E-state index contributed by atoms with van der Waals surface area (Å²) in [7, 11) is 0. The van der Waals surface area contributed by atoms with Crippen LogP contribution in [0.2, 0.25) is 0 Å². The summed E-state index contributed by atoms with van der Waals surface area (Å²) in [5.74, 6) is 1.51. The molecule has 2 aromatic rings. The van der Waals surface area contributed by atoms with Crippen LogP contribution in [0.25, 0.3) is 11.1 Å². The maximum atomic E-state index is 13.2. The molecule has 3 nitrogen and oxygen atoms in total. The van der Waals surface area contributed by atoms with E-state index in [1.165, 1.54) is 25.0 Å². The number of hydrogen-bond acceptors (Lipinski definition) is 3. The van der Waals surface area contributed by atoms with Gasteiger partial charge in [-0.3, -0.25) is 0 Å². The van der Waals surface area contributed by atoms with E-state index in [1.807, 2.05) is 6.07 Å². The molecule has 3 rings (SSSR count). The SMILES string of the molecule is Nc1noc(CC2CC2)c1-c1cccc(F)c1. The Morgan fingerprint density at radius 1 is 1.41 bits per heavy atom. The van der Waals surface area contributed by atoms with Crippen LogP contribution in [0.15, 0.2) is 28.8 Å². The lowest BCUT2D eigenvalue weighted by Crippen LogP contribution is -1.92. The van der Waals surface area contributed by atoms with Crippen molar-refractivity contribution < 1.29 is 8.91 Å². The van der Waals surface area contributed by atoms with Gasteiger partial charge in [0.15, 0.2) is 5.82 Å². The highest BCUT2D eigenvalue weighted by Crippen LogP contribution is 2.37. The van der Waals surface area contributed by atoms with Gasteiger partial charge in [0.2, 0.25) is 0 Å². The van der Waals surface area contributed by atoms with Crippen LogP contribution in [-0.4, -0.2) is 5.16 Å². The van der Waals surface area contributed by atoms with Crippen molar-refractivity contribution in [2.24, 2.45) is 5.92 Å². The average molecular weight is 232 g/mol. The molecule has 0 unspecified atom stereocenters. The van der Waals surface area contributed by atoms with E-state index in [1.54, 1.807) is 6.07 Å². The number of anilines is 1. The quantitative estimate of drug-likeness (QED) is 0.884. The van der Waals surface area contributed by atoms with Gasteiger partial charge in [0.05, 0.1) is 5.56 Å². The predicted molar refractivity (Wildman–Crippen MR) is 62.7 cm³/mol. The van der Waals surface area contributed by atoms with Gasteiger partial charge in [-0.25, -0.2) is 4.39 Å². The summed E-state index contributed by atoms with van der Waals surface area (Å²) in [5.41, 5.74) is 7.27. The summed E-state index contributed by atoms with van der Waals surface area (Å²) in [4.78, 5) is 0. The van der Waals surface area contributed by atoms with Gasteiger partial charge in [-0.05, 0) is 36.5 Å². The molecule has 1 aliphatic carbocycles. The molecule has 1 aliphatic rings. The Hall–Kier alpha value is -1.84. The first-order chi connectivity index (χ1) is 8.24. The van der Waals surface area contributed by atoms with Gasteiger partial charge in [-0.15, -0.1) is 0 Å². The zero-order valence-corrected chi connectivity index (χ0v) is 9.32. The molecule has 0 spiro atoms. The highest BCUT2D eigenvalue weighted by molar-refractivity contribution is 5.75. The number of rotatable bonds is 3. The summed E-state index contributed by atoms with van der Waals surface area (Å²) in [6.07, 6.45) is 3.29. The Balaban J connectivity index is 2.02. The Labute approximate surface area is 98.4 Å². The molecule has 4 heteroatoms. The van der Waals surface area contributed by atoms with Crippen LogP contribution in [0, 0.1) is 11.7 Å². The maximum Gasteiger partial charge on any atom is 0.175 e. The largest absolute Gasteiger partial charge is 0.380 e. The summed E-state index contributed by atoms with van der Waals surface area (Å²) in [5, 5.41) is 3.78. The van der Waals surface area contributed by atoms with Crippen molar-refractivity contribution in [1.82, 2.24) is 5.16 Å². The number of halogens is 1. The zero-order valence-electron chi connectivity index (χ0n) is 9.32. The van der Waals surface area contributed by atoms with Gasteiger partial charge in [-0.2, -0.15) is 0 Å². The van der Waals surface area contributed by atoms with Crippen molar-refractivity contribution in [3.63, 3.8) is 0 Å². The minimum atomic E-state index is -0.277. The lowest BCUT2D eigenvalue weighted by Gasteiger charge is -2.02. The van der Waals surface area contributed by atoms with E-state index in [4.69, 9.17) is 10.3 Å². The van der Waals surface area contributed by atoms with Crippen molar-refractivity contribution in [3.05, 3.63) is 35.8 Å². The number of aromatic nitrogens is 1. The molecule has 88 valence electrons. The van der Waals surface area contributed by atoms with Gasteiger partial charge < -0.3 is 10.3 Å². The molecule has 0 bridgehead atoms. The Bertz CT molecular complexity index is 546. The third kappa shape index (κ3) is 2.02. The van der Waals surface area contributed by atoms with Crippen LogP contribution >= 0.6 is 0 Å². The Kier molecular flexibility index (Phi) is 2.35. The topological polar surface area (TPSA) is 52.0 Å². The second kappa shape index (κ2) is 3.87. The molecule has 2 N–H and O–H groups in total. The lowest BCUT2D eigenvalue weighted by molar-refractivity contribution is 0.381. The molecule has 1 heterocycles. The molecular weight excluding hydrogens is 219 g/mol. The molecular formula is C13H13FN2O. The van der Waals surface area contributed by atoms with Crippen molar-refractivity contribution in [3.8, 4) is 11.1 Å². The second-order valence-corrected chi connectivity index (χ2v) is 4.52. The molecule has 1 aromatic carbocycles. The monoisotopic (exact) mass is 232 g/mol. The lowest BCUT2D eigenvalue weighted by atomic mass is 10.0. The fourth-order valence-electron chi connectivity index (χ4n) is 2.01. The number of nitrogens with zero attached hydrogens (tertiary/aromatic N) is 1. The molecule has 0 radical (unpaired) electrons. The Morgan fingerprint density at radius 2 is 2.24 bits per heavy atom. The van der Waals surface area contributed by atoms with Crippen molar-refractivity contribution in [2.75, 3.05) is 5.73 Å². The molecule has 1 aromatic heterocycles. The van der Waals surface area contributed by atoms with E-state index in [2.05, 4.69) is 5.16 Å². The standard InChI is InChI=1S/C13H13FN2O/c14-10-3-1-2-9(7-10)12-11(6-8-4-5-8)17-16-13(12)15/h1-3,7-8H,4-6H2,(H2,15,16). The van der Waals surface area contributed by atoms with E-state index in [9.17, 15) is 4.39 Å². The van der Waals surface area contributed by atoms with Gasteiger partial charge in [0.1, 0.15) is 11.6 Å². The zero-order chi connectivity index (χ0) is 11.8. The third-order valence-corrected chi connectivity index (χ3v) is 3.07. The smallest absolute Gasteiger partial charge is 0.175 e. The number of nitrogen functional groups attached to an aromatic ring is 1.